The molecule has 0 atom stereocenters. The minimum absolute atomic E-state index is 0.204. The molecule has 0 bridgehead atoms. The van der Waals surface area contributed by atoms with Crippen molar-refractivity contribution in [2.24, 2.45) is 0 Å². The average molecular weight is 378 g/mol. The molecule has 25 heavy (non-hydrogen) atoms. The van der Waals surface area contributed by atoms with E-state index >= 15 is 0 Å². The summed E-state index contributed by atoms with van der Waals surface area (Å²) >= 11 is 12.6. The van der Waals surface area contributed by atoms with Crippen LogP contribution in [0.1, 0.15) is 30.1 Å². The maximum Gasteiger partial charge on any atom is 0.147 e. The Bertz CT molecular complexity index is 901. The normalized spacial score (nSPS) is 13.9. The zero-order valence-corrected chi connectivity index (χ0v) is 14.6. The summed E-state index contributed by atoms with van der Waals surface area (Å²) in [7, 11) is 0. The van der Waals surface area contributed by atoms with Crippen LogP contribution in [-0.4, -0.2) is 5.16 Å². The van der Waals surface area contributed by atoms with E-state index in [2.05, 4.69) is 5.16 Å². The molecule has 6 heteroatoms. The summed E-state index contributed by atoms with van der Waals surface area (Å²) < 4.78 is 24.7. The molecule has 1 saturated carbocycles. The highest BCUT2D eigenvalue weighted by atomic mass is 35.5. The molecule has 1 heterocycles. The number of hydrogen-bond donors (Lipinski definition) is 0. The molecule has 0 aliphatic heterocycles. The highest BCUT2D eigenvalue weighted by molar-refractivity contribution is 6.39. The first-order chi connectivity index (χ1) is 12.1. The van der Waals surface area contributed by atoms with Crippen molar-refractivity contribution < 1.29 is 13.7 Å². The summed E-state index contributed by atoms with van der Waals surface area (Å²) in [4.78, 5) is 0. The molecule has 1 aromatic heterocycles. The van der Waals surface area contributed by atoms with Crippen LogP contribution in [0, 0.1) is 5.82 Å². The van der Waals surface area contributed by atoms with Crippen LogP contribution in [-0.2, 0) is 6.61 Å². The SMILES string of the molecule is Fc1cccc(OCc2c(-c3c(Cl)cccc3Cl)noc2C2CC2)c1. The van der Waals surface area contributed by atoms with Gasteiger partial charge in [-0.05, 0) is 37.1 Å². The Kier molecular flexibility index (Phi) is 4.40. The van der Waals surface area contributed by atoms with Crippen molar-refractivity contribution in [1.82, 2.24) is 5.16 Å². The lowest BCUT2D eigenvalue weighted by Crippen LogP contribution is -2.00. The summed E-state index contributed by atoms with van der Waals surface area (Å²) in [5, 5.41) is 5.19. The fourth-order valence-corrected chi connectivity index (χ4v) is 3.34. The molecule has 1 aliphatic rings. The summed E-state index contributed by atoms with van der Waals surface area (Å²) in [6.07, 6.45) is 2.11. The van der Waals surface area contributed by atoms with Crippen molar-refractivity contribution in [3.63, 3.8) is 0 Å². The second-order valence-corrected chi connectivity index (χ2v) is 6.81. The molecular weight excluding hydrogens is 364 g/mol. The average Bonchev–Trinajstić information content (AvgIpc) is 3.34. The first-order valence-corrected chi connectivity index (χ1v) is 8.70. The highest BCUT2D eigenvalue weighted by Crippen LogP contribution is 2.46. The number of aromatic nitrogens is 1. The topological polar surface area (TPSA) is 35.3 Å². The zero-order valence-electron chi connectivity index (χ0n) is 13.1. The number of hydrogen-bond acceptors (Lipinski definition) is 3. The molecule has 0 unspecified atom stereocenters. The molecule has 0 radical (unpaired) electrons. The fourth-order valence-electron chi connectivity index (χ4n) is 2.76. The van der Waals surface area contributed by atoms with Gasteiger partial charge < -0.3 is 9.26 Å². The molecule has 0 spiro atoms. The zero-order chi connectivity index (χ0) is 17.4. The molecule has 1 aliphatic carbocycles. The van der Waals surface area contributed by atoms with E-state index in [-0.39, 0.29) is 12.4 Å². The van der Waals surface area contributed by atoms with Crippen LogP contribution in [0.5, 0.6) is 5.75 Å². The van der Waals surface area contributed by atoms with E-state index in [0.29, 0.717) is 33.0 Å². The van der Waals surface area contributed by atoms with Crippen molar-refractivity contribution in [1.29, 1.82) is 0 Å². The molecule has 2 aromatic carbocycles. The fraction of sp³-hybridized carbons (Fsp3) is 0.211. The van der Waals surface area contributed by atoms with Crippen LogP contribution in [0.4, 0.5) is 4.39 Å². The van der Waals surface area contributed by atoms with Gasteiger partial charge in [-0.25, -0.2) is 4.39 Å². The van der Waals surface area contributed by atoms with Crippen LogP contribution >= 0.6 is 23.2 Å². The van der Waals surface area contributed by atoms with Gasteiger partial charge >= 0.3 is 0 Å². The van der Waals surface area contributed by atoms with E-state index < -0.39 is 0 Å². The number of rotatable bonds is 5. The third-order valence-corrected chi connectivity index (χ3v) is 4.78. The van der Waals surface area contributed by atoms with Crippen LogP contribution in [0.2, 0.25) is 10.0 Å². The van der Waals surface area contributed by atoms with Gasteiger partial charge in [0.05, 0.1) is 15.6 Å². The van der Waals surface area contributed by atoms with Crippen LogP contribution < -0.4 is 4.74 Å². The molecule has 0 N–H and O–H groups in total. The number of benzene rings is 2. The highest BCUT2D eigenvalue weighted by Gasteiger charge is 2.33. The lowest BCUT2D eigenvalue weighted by Gasteiger charge is -2.09. The minimum atomic E-state index is -0.348. The lowest BCUT2D eigenvalue weighted by atomic mass is 10.0. The third kappa shape index (κ3) is 3.37. The van der Waals surface area contributed by atoms with E-state index in [1.54, 1.807) is 30.3 Å². The van der Waals surface area contributed by atoms with E-state index in [9.17, 15) is 4.39 Å². The number of halogens is 3. The van der Waals surface area contributed by atoms with E-state index in [1.165, 1.54) is 12.1 Å². The van der Waals surface area contributed by atoms with Crippen LogP contribution in [0.15, 0.2) is 47.0 Å². The standard InChI is InChI=1S/C19H14Cl2FNO2/c20-15-5-2-6-16(21)17(15)18-14(19(25-23-18)11-7-8-11)10-24-13-4-1-3-12(22)9-13/h1-6,9,11H,7-8,10H2. The molecule has 1 fully saturated rings. The minimum Gasteiger partial charge on any atom is -0.489 e. The van der Waals surface area contributed by atoms with Crippen molar-refractivity contribution in [3.8, 4) is 17.0 Å². The second kappa shape index (κ2) is 6.70. The van der Waals surface area contributed by atoms with Crippen LogP contribution in [0.3, 0.4) is 0 Å². The monoisotopic (exact) mass is 377 g/mol. The molecule has 0 amide bonds. The van der Waals surface area contributed by atoms with E-state index in [4.69, 9.17) is 32.5 Å². The van der Waals surface area contributed by atoms with Crippen molar-refractivity contribution in [2.75, 3.05) is 0 Å². The van der Waals surface area contributed by atoms with Gasteiger partial charge in [-0.3, -0.25) is 0 Å². The van der Waals surface area contributed by atoms with Crippen LogP contribution in [0.25, 0.3) is 11.3 Å². The molecule has 3 aromatic rings. The summed E-state index contributed by atoms with van der Waals surface area (Å²) in [5.41, 5.74) is 2.01. The molecule has 4 rings (SSSR count). The van der Waals surface area contributed by atoms with Gasteiger partial charge in [0, 0.05) is 17.5 Å². The van der Waals surface area contributed by atoms with Crippen molar-refractivity contribution in [3.05, 3.63) is 69.7 Å². The predicted molar refractivity (Wildman–Crippen MR) is 94.7 cm³/mol. The Balaban J connectivity index is 1.71. The third-order valence-electron chi connectivity index (χ3n) is 4.15. The molecule has 0 saturated heterocycles. The van der Waals surface area contributed by atoms with Gasteiger partial charge in [-0.2, -0.15) is 0 Å². The summed E-state index contributed by atoms with van der Waals surface area (Å²) in [6.45, 7) is 0.204. The predicted octanol–water partition coefficient (Wildman–Crippen LogP) is 6.24. The van der Waals surface area contributed by atoms with Gasteiger partial charge in [0.15, 0.2) is 0 Å². The van der Waals surface area contributed by atoms with Gasteiger partial charge in [-0.1, -0.05) is 40.5 Å². The summed E-state index contributed by atoms with van der Waals surface area (Å²) in [6, 6.07) is 11.3. The van der Waals surface area contributed by atoms with E-state index in [1.807, 2.05) is 0 Å². The smallest absolute Gasteiger partial charge is 0.147 e. The Morgan fingerprint density at radius 3 is 2.52 bits per heavy atom. The maximum absolute atomic E-state index is 13.4. The Labute approximate surface area is 154 Å². The van der Waals surface area contributed by atoms with Gasteiger partial charge in [0.2, 0.25) is 0 Å². The molecular formula is C19H14Cl2FNO2. The largest absolute Gasteiger partial charge is 0.489 e. The summed E-state index contributed by atoms with van der Waals surface area (Å²) in [5.74, 6) is 1.23. The Morgan fingerprint density at radius 2 is 1.84 bits per heavy atom. The van der Waals surface area contributed by atoms with Crippen molar-refractivity contribution >= 4 is 23.2 Å². The van der Waals surface area contributed by atoms with E-state index in [0.717, 1.165) is 24.2 Å². The Morgan fingerprint density at radius 1 is 1.12 bits per heavy atom. The quantitative estimate of drug-likeness (QED) is 0.527. The molecule has 3 nitrogen and oxygen atoms in total. The first-order valence-electron chi connectivity index (χ1n) is 7.94. The number of nitrogens with zero attached hydrogens (tertiary/aromatic N) is 1. The second-order valence-electron chi connectivity index (χ2n) is 5.99. The maximum atomic E-state index is 13.4. The van der Waals surface area contributed by atoms with Gasteiger partial charge in [-0.15, -0.1) is 0 Å². The van der Waals surface area contributed by atoms with Gasteiger partial charge in [0.1, 0.15) is 29.6 Å². The van der Waals surface area contributed by atoms with Crippen molar-refractivity contribution in [2.45, 2.75) is 25.4 Å². The van der Waals surface area contributed by atoms with Gasteiger partial charge in [0.25, 0.3) is 0 Å². The first kappa shape index (κ1) is 16.4. The number of ether oxygens (including phenoxy) is 1. The lowest BCUT2D eigenvalue weighted by molar-refractivity contribution is 0.299. The molecule has 128 valence electrons. The Hall–Kier alpha value is -2.04.